The van der Waals surface area contributed by atoms with Crippen molar-refractivity contribution in [2.45, 2.75) is 46.5 Å². The van der Waals surface area contributed by atoms with Gasteiger partial charge in [0.15, 0.2) is 0 Å². The number of benzene rings is 1. The molecule has 0 unspecified atom stereocenters. The van der Waals surface area contributed by atoms with Crippen LogP contribution in [0.2, 0.25) is 0 Å². The Bertz CT molecular complexity index is 487. The molecule has 0 aliphatic heterocycles. The van der Waals surface area contributed by atoms with Gasteiger partial charge in [-0.25, -0.2) is 0 Å². The van der Waals surface area contributed by atoms with Gasteiger partial charge in [0.05, 0.1) is 7.11 Å². The smallest absolute Gasteiger partial charge is 0.125 e. The molecule has 0 heterocycles. The predicted octanol–water partition coefficient (Wildman–Crippen LogP) is 4.05. The molecule has 2 rings (SSSR count). The van der Waals surface area contributed by atoms with Crippen LogP contribution in [-0.4, -0.2) is 13.7 Å². The van der Waals surface area contributed by atoms with Crippen molar-refractivity contribution < 1.29 is 4.74 Å². The molecule has 0 bridgehead atoms. The lowest BCUT2D eigenvalue weighted by Crippen LogP contribution is -2.39. The SMILES string of the molecule is COc1c(C)c(C)c(Br)c(C)c1CC1(CN)CCC1. The third-order valence-electron chi connectivity index (χ3n) is 4.89. The van der Waals surface area contributed by atoms with Crippen LogP contribution in [0.3, 0.4) is 0 Å². The summed E-state index contributed by atoms with van der Waals surface area (Å²) in [5, 5.41) is 0. The van der Waals surface area contributed by atoms with Gasteiger partial charge in [0.2, 0.25) is 0 Å². The zero-order valence-corrected chi connectivity index (χ0v) is 14.0. The van der Waals surface area contributed by atoms with Crippen LogP contribution in [0, 0.1) is 26.2 Å². The number of methoxy groups -OCH3 is 1. The molecule has 1 fully saturated rings. The summed E-state index contributed by atoms with van der Waals surface area (Å²) in [7, 11) is 1.77. The summed E-state index contributed by atoms with van der Waals surface area (Å²) in [6.45, 7) is 7.23. The molecule has 1 aliphatic carbocycles. The quantitative estimate of drug-likeness (QED) is 0.906. The summed E-state index contributed by atoms with van der Waals surface area (Å²) in [6.07, 6.45) is 4.84. The molecule has 19 heavy (non-hydrogen) atoms. The second kappa shape index (κ2) is 5.45. The average Bonchev–Trinajstić information content (AvgIpc) is 2.37. The molecular formula is C16H24BrNO. The highest BCUT2D eigenvalue weighted by molar-refractivity contribution is 9.10. The monoisotopic (exact) mass is 325 g/mol. The second-order valence-corrected chi connectivity index (χ2v) is 6.73. The number of halogens is 1. The molecule has 0 spiro atoms. The molecule has 0 radical (unpaired) electrons. The van der Waals surface area contributed by atoms with E-state index >= 15 is 0 Å². The van der Waals surface area contributed by atoms with E-state index in [1.807, 2.05) is 0 Å². The molecule has 1 saturated carbocycles. The van der Waals surface area contributed by atoms with Crippen LogP contribution < -0.4 is 10.5 Å². The number of nitrogens with two attached hydrogens (primary N) is 1. The molecule has 0 atom stereocenters. The van der Waals surface area contributed by atoms with Gasteiger partial charge in [0, 0.05) is 4.47 Å². The van der Waals surface area contributed by atoms with Crippen LogP contribution in [0.25, 0.3) is 0 Å². The van der Waals surface area contributed by atoms with Gasteiger partial charge in [-0.3, -0.25) is 0 Å². The lowest BCUT2D eigenvalue weighted by Gasteiger charge is -2.42. The van der Waals surface area contributed by atoms with Gasteiger partial charge in [0.25, 0.3) is 0 Å². The van der Waals surface area contributed by atoms with E-state index in [0.29, 0.717) is 5.41 Å². The minimum absolute atomic E-state index is 0.305. The van der Waals surface area contributed by atoms with Gasteiger partial charge in [-0.05, 0) is 74.2 Å². The van der Waals surface area contributed by atoms with Crippen molar-refractivity contribution in [1.29, 1.82) is 0 Å². The van der Waals surface area contributed by atoms with E-state index in [0.717, 1.165) is 18.7 Å². The lowest BCUT2D eigenvalue weighted by molar-refractivity contribution is 0.143. The van der Waals surface area contributed by atoms with Crippen LogP contribution in [0.15, 0.2) is 4.47 Å². The van der Waals surface area contributed by atoms with Gasteiger partial charge < -0.3 is 10.5 Å². The molecule has 1 aliphatic rings. The molecule has 1 aromatic carbocycles. The van der Waals surface area contributed by atoms with Crippen molar-refractivity contribution in [3.8, 4) is 5.75 Å². The van der Waals surface area contributed by atoms with Gasteiger partial charge in [-0.1, -0.05) is 22.4 Å². The van der Waals surface area contributed by atoms with E-state index in [2.05, 4.69) is 36.7 Å². The van der Waals surface area contributed by atoms with Crippen LogP contribution in [0.1, 0.15) is 41.5 Å². The van der Waals surface area contributed by atoms with Crippen molar-refractivity contribution >= 4 is 15.9 Å². The molecule has 0 amide bonds. The van der Waals surface area contributed by atoms with E-state index < -0.39 is 0 Å². The maximum Gasteiger partial charge on any atom is 0.125 e. The van der Waals surface area contributed by atoms with Crippen LogP contribution >= 0.6 is 15.9 Å². The summed E-state index contributed by atoms with van der Waals surface area (Å²) in [5.41, 5.74) is 11.5. The van der Waals surface area contributed by atoms with Crippen LogP contribution in [0.4, 0.5) is 0 Å². The third kappa shape index (κ3) is 2.43. The highest BCUT2D eigenvalue weighted by Crippen LogP contribution is 2.46. The first-order valence-electron chi connectivity index (χ1n) is 6.98. The van der Waals surface area contributed by atoms with E-state index in [4.69, 9.17) is 10.5 Å². The Kier molecular flexibility index (Phi) is 4.26. The Balaban J connectivity index is 2.49. The fourth-order valence-electron chi connectivity index (χ4n) is 3.14. The molecule has 3 heteroatoms. The average molecular weight is 326 g/mol. The molecular weight excluding hydrogens is 302 g/mol. The Morgan fingerprint density at radius 2 is 1.79 bits per heavy atom. The maximum atomic E-state index is 6.01. The van der Waals surface area contributed by atoms with Crippen LogP contribution in [0.5, 0.6) is 5.75 Å². The summed E-state index contributed by atoms with van der Waals surface area (Å²) < 4.78 is 6.91. The van der Waals surface area contributed by atoms with E-state index in [1.54, 1.807) is 7.11 Å². The standard InChI is InChI=1S/C16H24BrNO/c1-10-11(2)15(19-4)13(12(3)14(10)17)8-16(9-18)6-5-7-16/h5-9,18H2,1-4H3. The Morgan fingerprint density at radius 1 is 1.16 bits per heavy atom. The highest BCUT2D eigenvalue weighted by atomic mass is 79.9. The fraction of sp³-hybridized carbons (Fsp3) is 0.625. The summed E-state index contributed by atoms with van der Waals surface area (Å²) in [5.74, 6) is 1.05. The topological polar surface area (TPSA) is 35.2 Å². The van der Waals surface area contributed by atoms with Crippen molar-refractivity contribution in [3.05, 3.63) is 26.7 Å². The first-order valence-corrected chi connectivity index (χ1v) is 7.77. The van der Waals surface area contributed by atoms with Gasteiger partial charge >= 0.3 is 0 Å². The van der Waals surface area contributed by atoms with Crippen molar-refractivity contribution in [2.24, 2.45) is 11.1 Å². The normalized spacial score (nSPS) is 17.2. The molecule has 1 aromatic rings. The number of ether oxygens (including phenoxy) is 1. The van der Waals surface area contributed by atoms with Gasteiger partial charge in [0.1, 0.15) is 5.75 Å². The van der Waals surface area contributed by atoms with Crippen molar-refractivity contribution in [3.63, 3.8) is 0 Å². The molecule has 106 valence electrons. The van der Waals surface area contributed by atoms with E-state index in [1.165, 1.54) is 46.0 Å². The molecule has 2 nitrogen and oxygen atoms in total. The molecule has 0 saturated heterocycles. The Morgan fingerprint density at radius 3 is 2.21 bits per heavy atom. The van der Waals surface area contributed by atoms with E-state index in [-0.39, 0.29) is 0 Å². The molecule has 0 aromatic heterocycles. The van der Waals surface area contributed by atoms with Crippen LogP contribution in [-0.2, 0) is 6.42 Å². The first kappa shape index (κ1) is 14.9. The third-order valence-corrected chi connectivity index (χ3v) is 6.08. The Hall–Kier alpha value is -0.540. The lowest BCUT2D eigenvalue weighted by atomic mass is 9.65. The number of rotatable bonds is 4. The van der Waals surface area contributed by atoms with Crippen molar-refractivity contribution in [2.75, 3.05) is 13.7 Å². The first-order chi connectivity index (χ1) is 8.95. The van der Waals surface area contributed by atoms with Gasteiger partial charge in [-0.2, -0.15) is 0 Å². The molecule has 2 N–H and O–H groups in total. The number of hydrogen-bond acceptors (Lipinski definition) is 2. The second-order valence-electron chi connectivity index (χ2n) is 5.94. The minimum atomic E-state index is 0.305. The Labute approximate surface area is 124 Å². The summed E-state index contributed by atoms with van der Waals surface area (Å²) in [6, 6.07) is 0. The minimum Gasteiger partial charge on any atom is -0.496 e. The van der Waals surface area contributed by atoms with E-state index in [9.17, 15) is 0 Å². The maximum absolute atomic E-state index is 6.01. The highest BCUT2D eigenvalue weighted by Gasteiger charge is 2.37. The largest absolute Gasteiger partial charge is 0.496 e. The van der Waals surface area contributed by atoms with Gasteiger partial charge in [-0.15, -0.1) is 0 Å². The zero-order valence-electron chi connectivity index (χ0n) is 12.4. The zero-order chi connectivity index (χ0) is 14.2. The summed E-state index contributed by atoms with van der Waals surface area (Å²) >= 11 is 3.73. The van der Waals surface area contributed by atoms with Crippen molar-refractivity contribution in [1.82, 2.24) is 0 Å². The number of hydrogen-bond donors (Lipinski definition) is 1. The predicted molar refractivity (Wildman–Crippen MR) is 83.9 cm³/mol. The fourth-order valence-corrected chi connectivity index (χ4v) is 3.68. The summed E-state index contributed by atoms with van der Waals surface area (Å²) in [4.78, 5) is 0.